The first-order valence-electron chi connectivity index (χ1n) is 6.15. The van der Waals surface area contributed by atoms with E-state index in [9.17, 15) is 10.1 Å². The highest BCUT2D eigenvalue weighted by molar-refractivity contribution is 5.85. The first-order valence-corrected chi connectivity index (χ1v) is 6.15. The molecule has 0 atom stereocenters. The predicted molar refractivity (Wildman–Crippen MR) is 69.3 cm³/mol. The lowest BCUT2D eigenvalue weighted by Crippen LogP contribution is -2.40. The topological polar surface area (TPSA) is 57.0 Å². The molecule has 0 unspecified atom stereocenters. The van der Waals surface area contributed by atoms with Crippen molar-refractivity contribution in [2.24, 2.45) is 5.41 Å². The van der Waals surface area contributed by atoms with Crippen molar-refractivity contribution >= 4 is 5.91 Å². The lowest BCUT2D eigenvalue weighted by Gasteiger charge is -2.28. The molecule has 0 bridgehead atoms. The van der Waals surface area contributed by atoms with Gasteiger partial charge in [-0.3, -0.25) is 9.78 Å². The normalized spacial score (nSPS) is 10.8. The number of nitriles is 1. The standard InChI is InChI=1S/C14H19N3O/c1-4-14(5-2,11-15)13(18)17(3)10-12-7-6-8-16-9-12/h6-9H,4-5,10H2,1-3H3. The molecule has 0 spiro atoms. The van der Waals surface area contributed by atoms with E-state index in [1.807, 2.05) is 26.0 Å². The number of carbonyl (C=O) groups excluding carboxylic acids is 1. The predicted octanol–water partition coefficient (Wildman–Crippen LogP) is 2.37. The molecule has 1 amide bonds. The Morgan fingerprint density at radius 1 is 1.50 bits per heavy atom. The maximum Gasteiger partial charge on any atom is 0.243 e. The molecule has 4 nitrogen and oxygen atoms in total. The third kappa shape index (κ3) is 2.86. The van der Waals surface area contributed by atoms with E-state index in [0.717, 1.165) is 5.56 Å². The molecule has 0 fully saturated rings. The van der Waals surface area contributed by atoms with Crippen molar-refractivity contribution in [2.45, 2.75) is 33.2 Å². The van der Waals surface area contributed by atoms with Gasteiger partial charge in [0, 0.05) is 26.0 Å². The fraction of sp³-hybridized carbons (Fsp3) is 0.500. The summed E-state index contributed by atoms with van der Waals surface area (Å²) < 4.78 is 0. The van der Waals surface area contributed by atoms with Gasteiger partial charge in [-0.1, -0.05) is 19.9 Å². The van der Waals surface area contributed by atoms with Crippen LogP contribution in [0.3, 0.4) is 0 Å². The average molecular weight is 245 g/mol. The van der Waals surface area contributed by atoms with Crippen molar-refractivity contribution in [3.8, 4) is 6.07 Å². The van der Waals surface area contributed by atoms with Gasteiger partial charge in [0.25, 0.3) is 0 Å². The van der Waals surface area contributed by atoms with E-state index in [0.29, 0.717) is 19.4 Å². The SMILES string of the molecule is CCC(C#N)(CC)C(=O)N(C)Cc1cccnc1. The van der Waals surface area contributed by atoms with Crippen LogP contribution in [-0.4, -0.2) is 22.8 Å². The van der Waals surface area contributed by atoms with Crippen LogP contribution in [0.1, 0.15) is 32.3 Å². The van der Waals surface area contributed by atoms with E-state index in [2.05, 4.69) is 11.1 Å². The minimum atomic E-state index is -0.892. The number of amides is 1. The molecule has 0 aromatic carbocycles. The number of nitrogens with zero attached hydrogens (tertiary/aromatic N) is 3. The van der Waals surface area contributed by atoms with E-state index in [1.165, 1.54) is 0 Å². The fourth-order valence-electron chi connectivity index (χ4n) is 1.96. The summed E-state index contributed by atoms with van der Waals surface area (Å²) in [5.74, 6) is -0.112. The Labute approximate surface area is 108 Å². The van der Waals surface area contributed by atoms with Crippen LogP contribution in [-0.2, 0) is 11.3 Å². The third-order valence-corrected chi connectivity index (χ3v) is 3.32. The van der Waals surface area contributed by atoms with Crippen LogP contribution in [0.15, 0.2) is 24.5 Å². The van der Waals surface area contributed by atoms with E-state index in [1.54, 1.807) is 24.3 Å². The molecule has 1 rings (SSSR count). The molecule has 0 N–H and O–H groups in total. The van der Waals surface area contributed by atoms with Gasteiger partial charge >= 0.3 is 0 Å². The maximum absolute atomic E-state index is 12.3. The molecule has 0 aliphatic heterocycles. The molecular weight excluding hydrogens is 226 g/mol. The average Bonchev–Trinajstić information content (AvgIpc) is 2.42. The number of aromatic nitrogens is 1. The summed E-state index contributed by atoms with van der Waals surface area (Å²) in [6.07, 6.45) is 4.51. The fourth-order valence-corrected chi connectivity index (χ4v) is 1.96. The van der Waals surface area contributed by atoms with Gasteiger partial charge in [-0.05, 0) is 24.5 Å². The highest BCUT2D eigenvalue weighted by atomic mass is 16.2. The molecule has 0 saturated carbocycles. The van der Waals surface area contributed by atoms with Crippen LogP contribution in [0.4, 0.5) is 0 Å². The molecule has 1 heterocycles. The minimum Gasteiger partial charge on any atom is -0.340 e. The Balaban J connectivity index is 2.81. The second kappa shape index (κ2) is 6.15. The second-order valence-electron chi connectivity index (χ2n) is 4.42. The summed E-state index contributed by atoms with van der Waals surface area (Å²) in [6, 6.07) is 5.93. The second-order valence-corrected chi connectivity index (χ2v) is 4.42. The highest BCUT2D eigenvalue weighted by Gasteiger charge is 2.37. The number of hydrogen-bond donors (Lipinski definition) is 0. The molecule has 0 aliphatic carbocycles. The van der Waals surface area contributed by atoms with Gasteiger partial charge in [-0.15, -0.1) is 0 Å². The van der Waals surface area contributed by atoms with Crippen LogP contribution in [0.5, 0.6) is 0 Å². The maximum atomic E-state index is 12.3. The molecule has 4 heteroatoms. The van der Waals surface area contributed by atoms with Gasteiger partial charge in [0.1, 0.15) is 5.41 Å². The van der Waals surface area contributed by atoms with E-state index < -0.39 is 5.41 Å². The summed E-state index contributed by atoms with van der Waals surface area (Å²) in [7, 11) is 1.73. The van der Waals surface area contributed by atoms with Gasteiger partial charge in [0.2, 0.25) is 5.91 Å². The lowest BCUT2D eigenvalue weighted by molar-refractivity contribution is -0.138. The summed E-state index contributed by atoms with van der Waals surface area (Å²) in [4.78, 5) is 18.0. The zero-order valence-electron chi connectivity index (χ0n) is 11.2. The Morgan fingerprint density at radius 2 is 2.17 bits per heavy atom. The Morgan fingerprint density at radius 3 is 2.61 bits per heavy atom. The zero-order valence-corrected chi connectivity index (χ0v) is 11.2. The van der Waals surface area contributed by atoms with Crippen LogP contribution in [0, 0.1) is 16.7 Å². The van der Waals surface area contributed by atoms with Crippen molar-refractivity contribution in [1.29, 1.82) is 5.26 Å². The van der Waals surface area contributed by atoms with Gasteiger partial charge in [-0.2, -0.15) is 5.26 Å². The van der Waals surface area contributed by atoms with Crippen molar-refractivity contribution < 1.29 is 4.79 Å². The molecule has 18 heavy (non-hydrogen) atoms. The highest BCUT2D eigenvalue weighted by Crippen LogP contribution is 2.28. The zero-order chi connectivity index (χ0) is 13.6. The van der Waals surface area contributed by atoms with Gasteiger partial charge in [-0.25, -0.2) is 0 Å². The largest absolute Gasteiger partial charge is 0.340 e. The third-order valence-electron chi connectivity index (χ3n) is 3.32. The van der Waals surface area contributed by atoms with Crippen molar-refractivity contribution in [3.05, 3.63) is 30.1 Å². The van der Waals surface area contributed by atoms with Crippen LogP contribution < -0.4 is 0 Å². The molecule has 96 valence electrons. The van der Waals surface area contributed by atoms with Crippen LogP contribution >= 0.6 is 0 Å². The monoisotopic (exact) mass is 245 g/mol. The van der Waals surface area contributed by atoms with Gasteiger partial charge in [0.05, 0.1) is 6.07 Å². The summed E-state index contributed by atoms with van der Waals surface area (Å²) in [5.41, 5.74) is 0.0733. The molecule has 0 radical (unpaired) electrons. The molecule has 0 aliphatic rings. The number of carbonyl (C=O) groups is 1. The van der Waals surface area contributed by atoms with E-state index >= 15 is 0 Å². The Bertz CT molecular complexity index is 432. The van der Waals surface area contributed by atoms with Gasteiger partial charge < -0.3 is 4.90 Å². The lowest BCUT2D eigenvalue weighted by atomic mass is 9.82. The summed E-state index contributed by atoms with van der Waals surface area (Å²) in [6.45, 7) is 4.24. The van der Waals surface area contributed by atoms with Crippen LogP contribution in [0.25, 0.3) is 0 Å². The first kappa shape index (κ1) is 14.2. The number of rotatable bonds is 5. The van der Waals surface area contributed by atoms with Crippen LogP contribution in [0.2, 0.25) is 0 Å². The van der Waals surface area contributed by atoms with Crippen molar-refractivity contribution in [2.75, 3.05) is 7.05 Å². The Kier molecular flexibility index (Phi) is 4.85. The van der Waals surface area contributed by atoms with Gasteiger partial charge in [0.15, 0.2) is 0 Å². The molecule has 1 aromatic heterocycles. The molecule has 0 saturated heterocycles. The quantitative estimate of drug-likeness (QED) is 0.800. The molecule has 1 aromatic rings. The number of pyridine rings is 1. The van der Waals surface area contributed by atoms with E-state index in [-0.39, 0.29) is 5.91 Å². The minimum absolute atomic E-state index is 0.112. The van der Waals surface area contributed by atoms with Crippen molar-refractivity contribution in [3.63, 3.8) is 0 Å². The Hall–Kier alpha value is -1.89. The molecular formula is C14H19N3O. The van der Waals surface area contributed by atoms with E-state index in [4.69, 9.17) is 0 Å². The first-order chi connectivity index (χ1) is 8.59. The summed E-state index contributed by atoms with van der Waals surface area (Å²) in [5, 5.41) is 9.25. The number of hydrogen-bond acceptors (Lipinski definition) is 3. The summed E-state index contributed by atoms with van der Waals surface area (Å²) >= 11 is 0. The smallest absolute Gasteiger partial charge is 0.243 e. The van der Waals surface area contributed by atoms with Crippen molar-refractivity contribution in [1.82, 2.24) is 9.88 Å².